The van der Waals surface area contributed by atoms with Gasteiger partial charge >= 0.3 is 0 Å². The number of benzene rings is 2. The molecule has 0 atom stereocenters. The van der Waals surface area contributed by atoms with Gasteiger partial charge in [0.15, 0.2) is 11.5 Å². The second kappa shape index (κ2) is 7.78. The Hall–Kier alpha value is -2.62. The number of carbonyl (C=O) groups excluding carboxylic acids is 1. The van der Waals surface area contributed by atoms with E-state index in [-0.39, 0.29) is 5.91 Å². The van der Waals surface area contributed by atoms with Crippen LogP contribution in [0.1, 0.15) is 16.1 Å². The third-order valence-electron chi connectivity index (χ3n) is 3.91. The van der Waals surface area contributed by atoms with E-state index in [1.54, 1.807) is 41.1 Å². The molecule has 10 heteroatoms. The Labute approximate surface area is 177 Å². The van der Waals surface area contributed by atoms with Crippen LogP contribution in [0.5, 0.6) is 0 Å². The van der Waals surface area contributed by atoms with Gasteiger partial charge in [-0.3, -0.25) is 10.1 Å². The fraction of sp³-hybridized carbons (Fsp3) is 0.0556. The zero-order valence-electron chi connectivity index (χ0n) is 14.4. The van der Waals surface area contributed by atoms with E-state index in [9.17, 15) is 4.79 Å². The molecule has 0 bridgehead atoms. The fourth-order valence-corrected chi connectivity index (χ4v) is 3.54. The number of nitrogens with zero attached hydrogens (tertiary/aromatic N) is 5. The van der Waals surface area contributed by atoms with E-state index >= 15 is 0 Å². The number of halogens is 2. The van der Waals surface area contributed by atoms with Crippen molar-refractivity contribution in [1.29, 1.82) is 0 Å². The Morgan fingerprint density at radius 1 is 1.21 bits per heavy atom. The van der Waals surface area contributed by atoms with E-state index in [1.165, 1.54) is 0 Å². The lowest BCUT2D eigenvalue weighted by molar-refractivity contribution is 0.102. The van der Waals surface area contributed by atoms with Crippen LogP contribution in [0.3, 0.4) is 0 Å². The molecule has 1 amide bonds. The molecule has 28 heavy (non-hydrogen) atoms. The van der Waals surface area contributed by atoms with Crippen molar-refractivity contribution in [1.82, 2.24) is 24.4 Å². The van der Waals surface area contributed by atoms with Crippen LogP contribution in [-0.2, 0) is 0 Å². The van der Waals surface area contributed by atoms with Crippen molar-refractivity contribution in [3.05, 3.63) is 69.3 Å². The number of nitrogens with one attached hydrogen (secondary N) is 1. The van der Waals surface area contributed by atoms with Gasteiger partial charge in [0.2, 0.25) is 5.13 Å². The minimum Gasteiger partial charge on any atom is -0.297 e. The minimum absolute atomic E-state index is 0.255. The van der Waals surface area contributed by atoms with Crippen molar-refractivity contribution in [2.24, 2.45) is 0 Å². The van der Waals surface area contributed by atoms with E-state index in [4.69, 9.17) is 11.6 Å². The number of anilines is 1. The molecule has 1 N–H and O–H groups in total. The Kier molecular flexibility index (Phi) is 5.21. The zero-order valence-corrected chi connectivity index (χ0v) is 17.6. The van der Waals surface area contributed by atoms with Gasteiger partial charge in [0.25, 0.3) is 5.91 Å². The average molecular weight is 476 g/mol. The van der Waals surface area contributed by atoms with Gasteiger partial charge in [-0.05, 0) is 49.4 Å². The summed E-state index contributed by atoms with van der Waals surface area (Å²) in [6.45, 7) is 1.87. The average Bonchev–Trinajstić information content (AvgIpc) is 3.28. The second-order valence-electron chi connectivity index (χ2n) is 5.80. The summed E-state index contributed by atoms with van der Waals surface area (Å²) in [4.78, 5) is 16.7. The number of rotatable bonds is 4. The molecule has 7 nitrogen and oxygen atoms in total. The van der Waals surface area contributed by atoms with Crippen LogP contribution in [0.4, 0.5) is 5.13 Å². The highest BCUT2D eigenvalue weighted by molar-refractivity contribution is 9.10. The van der Waals surface area contributed by atoms with Gasteiger partial charge in [0, 0.05) is 26.6 Å². The maximum Gasteiger partial charge on any atom is 0.257 e. The molecular weight excluding hydrogens is 464 g/mol. The normalized spacial score (nSPS) is 10.8. The van der Waals surface area contributed by atoms with Crippen molar-refractivity contribution in [2.45, 2.75) is 6.92 Å². The topological polar surface area (TPSA) is 85.6 Å². The van der Waals surface area contributed by atoms with Gasteiger partial charge in [-0.15, -0.1) is 5.10 Å². The summed E-state index contributed by atoms with van der Waals surface area (Å²) in [6.07, 6.45) is 0. The maximum atomic E-state index is 12.3. The fourth-order valence-electron chi connectivity index (χ4n) is 2.53. The first-order valence-corrected chi connectivity index (χ1v) is 10.0. The molecule has 2 heterocycles. The van der Waals surface area contributed by atoms with Gasteiger partial charge in [-0.25, -0.2) is 4.68 Å². The molecule has 0 saturated heterocycles. The smallest absolute Gasteiger partial charge is 0.257 e. The summed E-state index contributed by atoms with van der Waals surface area (Å²) in [6, 6.07) is 14.4. The number of hydrogen-bond donors (Lipinski definition) is 1. The third-order valence-corrected chi connectivity index (χ3v) is 5.31. The van der Waals surface area contributed by atoms with Crippen LogP contribution in [0.25, 0.3) is 17.2 Å². The highest BCUT2D eigenvalue weighted by Gasteiger charge is 2.18. The lowest BCUT2D eigenvalue weighted by atomic mass is 10.2. The van der Waals surface area contributed by atoms with Gasteiger partial charge in [0.1, 0.15) is 0 Å². The molecule has 2 aromatic carbocycles. The van der Waals surface area contributed by atoms with Crippen LogP contribution in [0.15, 0.2) is 53.0 Å². The summed E-state index contributed by atoms with van der Waals surface area (Å²) in [5, 5.41) is 12.1. The SMILES string of the molecule is Cc1c(-c2nsc(NC(=O)c3ccc(Br)cc3)n2)nnn1-c1cccc(Cl)c1. The van der Waals surface area contributed by atoms with Crippen molar-refractivity contribution in [3.63, 3.8) is 0 Å². The van der Waals surface area contributed by atoms with Crippen molar-refractivity contribution >= 4 is 50.1 Å². The molecular formula is C18H12BrClN6OS. The van der Waals surface area contributed by atoms with Crippen molar-refractivity contribution in [2.75, 3.05) is 5.32 Å². The summed E-state index contributed by atoms with van der Waals surface area (Å²) in [5.41, 5.74) is 2.64. The van der Waals surface area contributed by atoms with E-state index in [0.29, 0.717) is 27.2 Å². The predicted molar refractivity (Wildman–Crippen MR) is 112 cm³/mol. The molecule has 0 unspecified atom stereocenters. The molecule has 0 aliphatic rings. The molecule has 4 rings (SSSR count). The first kappa shape index (κ1) is 18.7. The monoisotopic (exact) mass is 474 g/mol. The molecule has 0 spiro atoms. The van der Waals surface area contributed by atoms with E-state index in [1.807, 2.05) is 19.1 Å². The molecule has 0 radical (unpaired) electrons. The molecule has 0 aliphatic heterocycles. The Balaban J connectivity index is 1.56. The highest BCUT2D eigenvalue weighted by atomic mass is 79.9. The molecule has 140 valence electrons. The quantitative estimate of drug-likeness (QED) is 0.460. The predicted octanol–water partition coefficient (Wildman–Crippen LogP) is 4.76. The number of amides is 1. The van der Waals surface area contributed by atoms with Gasteiger partial charge in [0.05, 0.1) is 11.4 Å². The summed E-state index contributed by atoms with van der Waals surface area (Å²) < 4.78 is 6.87. The number of aromatic nitrogens is 5. The highest BCUT2D eigenvalue weighted by Crippen LogP contribution is 2.25. The van der Waals surface area contributed by atoms with Crippen molar-refractivity contribution < 1.29 is 4.79 Å². The molecule has 0 fully saturated rings. The van der Waals surface area contributed by atoms with E-state index in [2.05, 4.69) is 40.9 Å². The van der Waals surface area contributed by atoms with E-state index in [0.717, 1.165) is 27.4 Å². The first-order valence-electron chi connectivity index (χ1n) is 8.10. The Morgan fingerprint density at radius 2 is 2.00 bits per heavy atom. The molecule has 4 aromatic rings. The van der Waals surface area contributed by atoms with Crippen LogP contribution < -0.4 is 5.32 Å². The van der Waals surface area contributed by atoms with Crippen LogP contribution in [0, 0.1) is 6.92 Å². The largest absolute Gasteiger partial charge is 0.297 e. The van der Waals surface area contributed by atoms with Gasteiger partial charge in [-0.1, -0.05) is 38.8 Å². The summed E-state index contributed by atoms with van der Waals surface area (Å²) in [7, 11) is 0. The molecule has 2 aromatic heterocycles. The lowest BCUT2D eigenvalue weighted by Gasteiger charge is -2.03. The first-order chi connectivity index (χ1) is 13.5. The maximum absolute atomic E-state index is 12.3. The third kappa shape index (κ3) is 3.82. The molecule has 0 saturated carbocycles. The second-order valence-corrected chi connectivity index (χ2v) is 7.90. The number of carbonyl (C=O) groups is 1. The zero-order chi connectivity index (χ0) is 19.7. The van der Waals surface area contributed by atoms with Gasteiger partial charge < -0.3 is 0 Å². The van der Waals surface area contributed by atoms with Crippen LogP contribution >= 0.6 is 39.1 Å². The van der Waals surface area contributed by atoms with Gasteiger partial charge in [-0.2, -0.15) is 9.36 Å². The van der Waals surface area contributed by atoms with E-state index < -0.39 is 0 Å². The Bertz CT molecular complexity index is 1160. The molecule has 0 aliphatic carbocycles. The summed E-state index contributed by atoms with van der Waals surface area (Å²) in [5.74, 6) is 0.149. The number of hydrogen-bond acceptors (Lipinski definition) is 6. The lowest BCUT2D eigenvalue weighted by Crippen LogP contribution is -2.11. The minimum atomic E-state index is -0.255. The van der Waals surface area contributed by atoms with Crippen LogP contribution in [0.2, 0.25) is 5.02 Å². The Morgan fingerprint density at radius 3 is 2.75 bits per heavy atom. The van der Waals surface area contributed by atoms with Crippen molar-refractivity contribution in [3.8, 4) is 17.2 Å². The summed E-state index contributed by atoms with van der Waals surface area (Å²) >= 11 is 10.5. The standard InChI is InChI=1S/C18H12BrClN6OS/c1-10-15(23-25-26(10)14-4-2-3-13(20)9-14)16-21-18(28-24-16)22-17(27)11-5-7-12(19)8-6-11/h2-9H,1H3,(H,21,22,24,27). The van der Waals surface area contributed by atoms with Crippen LogP contribution in [-0.4, -0.2) is 30.3 Å².